The number of hydrogen-bond acceptors (Lipinski definition) is 4. The van der Waals surface area contributed by atoms with E-state index in [1.165, 1.54) is 25.3 Å². The van der Waals surface area contributed by atoms with Crippen molar-refractivity contribution >= 4 is 42.8 Å². The second kappa shape index (κ2) is 6.07. The van der Waals surface area contributed by atoms with Gasteiger partial charge in [-0.3, -0.25) is 0 Å². The summed E-state index contributed by atoms with van der Waals surface area (Å²) in [4.78, 5) is 12.2. The molecule has 24 heavy (non-hydrogen) atoms. The van der Waals surface area contributed by atoms with E-state index in [1.807, 2.05) is 6.92 Å². The first kappa shape index (κ1) is 16.7. The Bertz CT molecular complexity index is 1040. The second-order valence-electron chi connectivity index (χ2n) is 5.28. The number of halogens is 1. The minimum absolute atomic E-state index is 0.0417. The topological polar surface area (TPSA) is 65.4 Å². The smallest absolute Gasteiger partial charge is 0.355 e. The lowest BCUT2D eigenvalue weighted by Crippen LogP contribution is -2.19. The van der Waals surface area contributed by atoms with E-state index in [-0.39, 0.29) is 10.6 Å². The van der Waals surface area contributed by atoms with Crippen LogP contribution in [0.1, 0.15) is 16.1 Å². The fourth-order valence-electron chi connectivity index (χ4n) is 2.49. The van der Waals surface area contributed by atoms with Crippen molar-refractivity contribution in [2.75, 3.05) is 7.11 Å². The summed E-state index contributed by atoms with van der Waals surface area (Å²) >= 11 is 3.39. The molecule has 0 bridgehead atoms. The Morgan fingerprint density at radius 2 is 1.79 bits per heavy atom. The van der Waals surface area contributed by atoms with E-state index in [0.29, 0.717) is 15.4 Å². The Hall–Kier alpha value is -2.12. The van der Waals surface area contributed by atoms with E-state index in [0.717, 1.165) is 9.54 Å². The molecule has 7 heteroatoms. The summed E-state index contributed by atoms with van der Waals surface area (Å²) in [7, 11) is -2.73. The van der Waals surface area contributed by atoms with Crippen LogP contribution in [0.4, 0.5) is 0 Å². The molecule has 0 radical (unpaired) electrons. The lowest BCUT2D eigenvalue weighted by Gasteiger charge is -2.11. The fourth-order valence-corrected chi connectivity index (χ4v) is 4.46. The van der Waals surface area contributed by atoms with Crippen molar-refractivity contribution in [3.8, 4) is 0 Å². The molecular weight excluding hydrogens is 394 g/mol. The third-order valence-electron chi connectivity index (χ3n) is 3.70. The summed E-state index contributed by atoms with van der Waals surface area (Å²) in [5, 5.41) is 0.619. The quantitative estimate of drug-likeness (QED) is 0.620. The summed E-state index contributed by atoms with van der Waals surface area (Å²) in [6.07, 6.45) is 0. The fraction of sp³-hybridized carbons (Fsp3) is 0.118. The third kappa shape index (κ3) is 2.63. The molecule has 0 fully saturated rings. The molecule has 0 unspecified atom stereocenters. The number of benzene rings is 2. The maximum Gasteiger partial charge on any atom is 0.355 e. The van der Waals surface area contributed by atoms with Crippen LogP contribution in [0.15, 0.2) is 57.9 Å². The van der Waals surface area contributed by atoms with Gasteiger partial charge in [-0.2, -0.15) is 0 Å². The average Bonchev–Trinajstić information content (AvgIpc) is 2.96. The molecular formula is C17H14BrNO4S. The van der Waals surface area contributed by atoms with Crippen LogP contribution in [0.3, 0.4) is 0 Å². The molecule has 0 N–H and O–H groups in total. The van der Waals surface area contributed by atoms with Crippen LogP contribution >= 0.6 is 15.9 Å². The van der Waals surface area contributed by atoms with Crippen molar-refractivity contribution in [2.45, 2.75) is 11.8 Å². The first-order chi connectivity index (χ1) is 11.4. The molecule has 0 spiro atoms. The van der Waals surface area contributed by atoms with Gasteiger partial charge in [-0.15, -0.1) is 0 Å². The van der Waals surface area contributed by atoms with Crippen LogP contribution in [0.2, 0.25) is 0 Å². The number of carbonyl (C=O) groups is 1. The number of methoxy groups -OCH3 is 1. The molecule has 0 saturated heterocycles. The number of rotatable bonds is 3. The minimum Gasteiger partial charge on any atom is -0.464 e. The number of nitrogens with zero attached hydrogens (tertiary/aromatic N) is 1. The number of carbonyl (C=O) groups excluding carboxylic acids is 1. The van der Waals surface area contributed by atoms with Crippen molar-refractivity contribution in [2.24, 2.45) is 0 Å². The number of hydrogen-bond donors (Lipinski definition) is 0. The van der Waals surface area contributed by atoms with Crippen LogP contribution < -0.4 is 0 Å². The Morgan fingerprint density at radius 1 is 1.12 bits per heavy atom. The molecule has 0 saturated carbocycles. The molecule has 1 heterocycles. The SMILES string of the molecule is COC(=O)c1cc2c(Br)cccc2n1S(=O)(=O)c1ccc(C)cc1. The Balaban J connectivity index is 2.37. The van der Waals surface area contributed by atoms with Gasteiger partial charge in [-0.25, -0.2) is 17.2 Å². The molecule has 0 aliphatic rings. The first-order valence-electron chi connectivity index (χ1n) is 7.07. The van der Waals surface area contributed by atoms with Gasteiger partial charge in [0.05, 0.1) is 17.5 Å². The second-order valence-corrected chi connectivity index (χ2v) is 7.92. The Morgan fingerprint density at radius 3 is 2.42 bits per heavy atom. The molecule has 0 aliphatic heterocycles. The van der Waals surface area contributed by atoms with Crippen LogP contribution in [-0.4, -0.2) is 25.5 Å². The highest BCUT2D eigenvalue weighted by Crippen LogP contribution is 2.31. The maximum atomic E-state index is 13.1. The van der Waals surface area contributed by atoms with Gasteiger partial charge in [0.25, 0.3) is 10.0 Å². The van der Waals surface area contributed by atoms with Crippen molar-refractivity contribution in [3.63, 3.8) is 0 Å². The highest BCUT2D eigenvalue weighted by molar-refractivity contribution is 9.10. The summed E-state index contributed by atoms with van der Waals surface area (Å²) in [6, 6.07) is 13.1. The molecule has 0 aliphatic carbocycles. The van der Waals surface area contributed by atoms with E-state index in [1.54, 1.807) is 30.3 Å². The molecule has 3 aromatic rings. The molecule has 124 valence electrons. The van der Waals surface area contributed by atoms with Crippen LogP contribution in [0, 0.1) is 6.92 Å². The third-order valence-corrected chi connectivity index (χ3v) is 6.14. The largest absolute Gasteiger partial charge is 0.464 e. The van der Waals surface area contributed by atoms with Gasteiger partial charge in [0.1, 0.15) is 5.69 Å². The molecule has 1 aromatic heterocycles. The summed E-state index contributed by atoms with van der Waals surface area (Å²) in [6.45, 7) is 1.87. The molecule has 2 aromatic carbocycles. The van der Waals surface area contributed by atoms with Crippen molar-refractivity contribution in [1.29, 1.82) is 0 Å². The maximum absolute atomic E-state index is 13.1. The Labute approximate surface area is 148 Å². The lowest BCUT2D eigenvalue weighted by atomic mass is 10.2. The van der Waals surface area contributed by atoms with Crippen molar-refractivity contribution < 1.29 is 17.9 Å². The summed E-state index contributed by atoms with van der Waals surface area (Å²) in [5.41, 5.74) is 1.31. The predicted octanol–water partition coefficient (Wildman–Crippen LogP) is 3.74. The van der Waals surface area contributed by atoms with Gasteiger partial charge in [-0.1, -0.05) is 39.7 Å². The normalized spacial score (nSPS) is 11.6. The molecule has 0 amide bonds. The monoisotopic (exact) mass is 407 g/mol. The predicted molar refractivity (Wildman–Crippen MR) is 94.7 cm³/mol. The number of fused-ring (bicyclic) bond motifs is 1. The number of esters is 1. The number of aromatic nitrogens is 1. The molecule has 5 nitrogen and oxygen atoms in total. The van der Waals surface area contributed by atoms with Crippen LogP contribution in [0.5, 0.6) is 0 Å². The van der Waals surface area contributed by atoms with Gasteiger partial charge >= 0.3 is 5.97 Å². The zero-order chi connectivity index (χ0) is 17.5. The minimum atomic E-state index is -3.95. The Kier molecular flexibility index (Phi) is 4.23. The zero-order valence-corrected chi connectivity index (χ0v) is 15.4. The van der Waals surface area contributed by atoms with E-state index in [9.17, 15) is 13.2 Å². The van der Waals surface area contributed by atoms with E-state index >= 15 is 0 Å². The van der Waals surface area contributed by atoms with Crippen LogP contribution in [0.25, 0.3) is 10.9 Å². The van der Waals surface area contributed by atoms with Crippen molar-refractivity contribution in [1.82, 2.24) is 3.97 Å². The summed E-state index contributed by atoms with van der Waals surface area (Å²) < 4.78 is 32.7. The first-order valence-corrected chi connectivity index (χ1v) is 9.30. The van der Waals surface area contributed by atoms with Crippen molar-refractivity contribution in [3.05, 3.63) is 64.3 Å². The van der Waals surface area contributed by atoms with Gasteiger partial charge in [0, 0.05) is 9.86 Å². The van der Waals surface area contributed by atoms with Gasteiger partial charge in [-0.05, 0) is 37.3 Å². The number of aryl methyl sites for hydroxylation is 1. The zero-order valence-electron chi connectivity index (χ0n) is 13.0. The standard InChI is InChI=1S/C17H14BrNO4S/c1-11-6-8-12(9-7-11)24(21,22)19-15-5-3-4-14(18)13(15)10-16(19)17(20)23-2/h3-10H,1-2H3. The van der Waals surface area contributed by atoms with E-state index in [2.05, 4.69) is 15.9 Å². The molecule has 0 atom stereocenters. The highest BCUT2D eigenvalue weighted by Gasteiger charge is 2.27. The number of ether oxygens (including phenoxy) is 1. The van der Waals surface area contributed by atoms with E-state index < -0.39 is 16.0 Å². The summed E-state index contributed by atoms with van der Waals surface area (Å²) in [5.74, 6) is -0.714. The van der Waals surface area contributed by atoms with Crippen LogP contribution in [-0.2, 0) is 14.8 Å². The van der Waals surface area contributed by atoms with E-state index in [4.69, 9.17) is 4.74 Å². The van der Waals surface area contributed by atoms with Gasteiger partial charge in [0.2, 0.25) is 0 Å². The van der Waals surface area contributed by atoms with Gasteiger partial charge in [0.15, 0.2) is 0 Å². The van der Waals surface area contributed by atoms with Gasteiger partial charge < -0.3 is 4.74 Å². The molecule has 3 rings (SSSR count). The highest BCUT2D eigenvalue weighted by atomic mass is 79.9. The average molecular weight is 408 g/mol. The lowest BCUT2D eigenvalue weighted by molar-refractivity contribution is 0.0593.